The quantitative estimate of drug-likeness (QED) is 0.681. The summed E-state index contributed by atoms with van der Waals surface area (Å²) in [6.45, 7) is 7.42. The Balaban J connectivity index is 1.80. The molecule has 3 heteroatoms. The zero-order valence-corrected chi connectivity index (χ0v) is 16.5. The number of aryl methyl sites for hydroxylation is 1. The first-order valence-corrected chi connectivity index (χ1v) is 10.5. The van der Waals surface area contributed by atoms with Crippen LogP contribution < -0.4 is 9.47 Å². The molecule has 0 radical (unpaired) electrons. The maximum Gasteiger partial charge on any atom is 0.133 e. The Morgan fingerprint density at radius 3 is 2.88 bits per heavy atom. The number of benzene rings is 1. The molecule has 3 nitrogen and oxygen atoms in total. The molecule has 26 heavy (non-hydrogen) atoms. The summed E-state index contributed by atoms with van der Waals surface area (Å²) in [6, 6.07) is 2.29. The van der Waals surface area contributed by atoms with E-state index >= 15 is 0 Å². The second-order valence-electron chi connectivity index (χ2n) is 8.86. The van der Waals surface area contributed by atoms with Crippen LogP contribution in [0.1, 0.15) is 88.3 Å². The highest BCUT2D eigenvalue weighted by molar-refractivity contribution is 5.81. The largest absolute Gasteiger partial charge is 0.493 e. The van der Waals surface area contributed by atoms with Crippen LogP contribution in [0.25, 0.3) is 0 Å². The van der Waals surface area contributed by atoms with Crippen molar-refractivity contribution in [3.05, 3.63) is 22.8 Å². The summed E-state index contributed by atoms with van der Waals surface area (Å²) in [5.74, 6) is 3.10. The summed E-state index contributed by atoms with van der Waals surface area (Å²) < 4.78 is 12.8. The number of ketones is 1. The molecule has 2 atom stereocenters. The van der Waals surface area contributed by atoms with Crippen LogP contribution in [0.4, 0.5) is 0 Å². The van der Waals surface area contributed by atoms with Crippen molar-refractivity contribution in [3.63, 3.8) is 0 Å². The number of hydrogen-bond donors (Lipinski definition) is 0. The third kappa shape index (κ3) is 3.04. The molecule has 0 spiro atoms. The van der Waals surface area contributed by atoms with E-state index in [-0.39, 0.29) is 11.5 Å². The highest BCUT2D eigenvalue weighted by atomic mass is 16.5. The average Bonchev–Trinajstić information content (AvgIpc) is 2.61. The molecule has 142 valence electrons. The molecular formula is C23H32O3. The summed E-state index contributed by atoms with van der Waals surface area (Å²) in [7, 11) is 0. The van der Waals surface area contributed by atoms with E-state index in [2.05, 4.69) is 26.8 Å². The Kier molecular flexibility index (Phi) is 4.75. The lowest BCUT2D eigenvalue weighted by Gasteiger charge is -2.48. The molecule has 1 saturated carbocycles. The lowest BCUT2D eigenvalue weighted by atomic mass is 9.65. The first kappa shape index (κ1) is 17.9. The van der Waals surface area contributed by atoms with E-state index in [0.717, 1.165) is 43.8 Å². The fraction of sp³-hybridized carbons (Fsp3) is 0.696. The Bertz CT molecular complexity index is 704. The summed E-state index contributed by atoms with van der Waals surface area (Å²) >= 11 is 0. The second kappa shape index (κ2) is 6.90. The number of ether oxygens (including phenoxy) is 2. The van der Waals surface area contributed by atoms with Crippen LogP contribution in [0, 0.1) is 5.92 Å². The molecule has 1 aliphatic carbocycles. The predicted molar refractivity (Wildman–Crippen MR) is 103 cm³/mol. The average molecular weight is 357 g/mol. The Morgan fingerprint density at radius 1 is 1.23 bits per heavy atom. The van der Waals surface area contributed by atoms with Gasteiger partial charge in [-0.15, -0.1) is 0 Å². The molecule has 0 saturated heterocycles. The van der Waals surface area contributed by atoms with Gasteiger partial charge >= 0.3 is 0 Å². The van der Waals surface area contributed by atoms with Gasteiger partial charge < -0.3 is 9.47 Å². The molecule has 0 N–H and O–H groups in total. The van der Waals surface area contributed by atoms with Crippen LogP contribution in [0.15, 0.2) is 6.07 Å². The summed E-state index contributed by atoms with van der Waals surface area (Å²) in [6.07, 6.45) is 9.28. The van der Waals surface area contributed by atoms with Crippen molar-refractivity contribution >= 4 is 5.78 Å². The SMILES string of the molecule is CCCCCc1cc2c(c3c1CCCO3)[C@@H]1CC(=O)CC[C@H]1C(C)(C)O2. The van der Waals surface area contributed by atoms with Gasteiger partial charge in [-0.3, -0.25) is 4.79 Å². The normalized spacial score (nSPS) is 26.2. The highest BCUT2D eigenvalue weighted by Crippen LogP contribution is 2.55. The van der Waals surface area contributed by atoms with Gasteiger partial charge in [-0.1, -0.05) is 19.8 Å². The number of carbonyl (C=O) groups is 1. The highest BCUT2D eigenvalue weighted by Gasteiger charge is 2.48. The second-order valence-corrected chi connectivity index (χ2v) is 8.86. The third-order valence-electron chi connectivity index (χ3n) is 6.65. The molecule has 1 fully saturated rings. The number of carbonyl (C=O) groups excluding carboxylic acids is 1. The maximum absolute atomic E-state index is 12.3. The Morgan fingerprint density at radius 2 is 2.08 bits per heavy atom. The molecule has 0 amide bonds. The van der Waals surface area contributed by atoms with Gasteiger partial charge in [0.25, 0.3) is 0 Å². The summed E-state index contributed by atoms with van der Waals surface area (Å²) in [5.41, 5.74) is 3.79. The molecule has 2 heterocycles. The molecule has 0 bridgehead atoms. The van der Waals surface area contributed by atoms with Crippen molar-refractivity contribution in [1.82, 2.24) is 0 Å². The van der Waals surface area contributed by atoms with Gasteiger partial charge in [0.2, 0.25) is 0 Å². The van der Waals surface area contributed by atoms with Crippen molar-refractivity contribution in [1.29, 1.82) is 0 Å². The van der Waals surface area contributed by atoms with E-state index in [1.807, 2.05) is 0 Å². The molecule has 2 aliphatic heterocycles. The van der Waals surface area contributed by atoms with Gasteiger partial charge in [0.1, 0.15) is 22.9 Å². The molecule has 0 aromatic heterocycles. The van der Waals surface area contributed by atoms with E-state index in [4.69, 9.17) is 9.47 Å². The zero-order chi connectivity index (χ0) is 18.3. The van der Waals surface area contributed by atoms with Crippen molar-refractivity contribution in [2.75, 3.05) is 6.61 Å². The van der Waals surface area contributed by atoms with Crippen molar-refractivity contribution in [2.45, 2.75) is 90.1 Å². The van der Waals surface area contributed by atoms with Gasteiger partial charge in [-0.25, -0.2) is 0 Å². The van der Waals surface area contributed by atoms with Crippen LogP contribution in [0.2, 0.25) is 0 Å². The molecule has 4 rings (SSSR count). The van der Waals surface area contributed by atoms with Gasteiger partial charge in [0, 0.05) is 30.2 Å². The monoisotopic (exact) mass is 356 g/mol. The van der Waals surface area contributed by atoms with Crippen LogP contribution in [-0.4, -0.2) is 18.0 Å². The van der Waals surface area contributed by atoms with Crippen LogP contribution >= 0.6 is 0 Å². The molecule has 1 aromatic rings. The molecule has 3 aliphatic rings. The minimum absolute atomic E-state index is 0.220. The fourth-order valence-corrected chi connectivity index (χ4v) is 5.33. The molecule has 1 aromatic carbocycles. The number of hydrogen-bond acceptors (Lipinski definition) is 3. The number of Topliss-reactive ketones (excluding diaryl/α,β-unsaturated/α-hetero) is 1. The zero-order valence-electron chi connectivity index (χ0n) is 16.5. The van der Waals surface area contributed by atoms with E-state index in [1.54, 1.807) is 0 Å². The van der Waals surface area contributed by atoms with Crippen LogP contribution in [-0.2, 0) is 17.6 Å². The van der Waals surface area contributed by atoms with E-state index in [9.17, 15) is 4.79 Å². The first-order valence-electron chi connectivity index (χ1n) is 10.5. The number of unbranched alkanes of at least 4 members (excludes halogenated alkanes) is 2. The van der Waals surface area contributed by atoms with Gasteiger partial charge in [-0.2, -0.15) is 0 Å². The standard InChI is InChI=1S/C23H32O3/c1-4-5-6-8-15-13-20-21(22-17(15)9-7-12-25-22)18-14-16(24)10-11-19(18)23(2,3)26-20/h13,18-19H,4-12,14H2,1-3H3/t18-,19-/m1/s1. The van der Waals surface area contributed by atoms with Gasteiger partial charge in [0.05, 0.1) is 6.61 Å². The van der Waals surface area contributed by atoms with Gasteiger partial charge in [-0.05, 0) is 63.1 Å². The maximum atomic E-state index is 12.3. The van der Waals surface area contributed by atoms with Crippen molar-refractivity contribution in [3.8, 4) is 11.5 Å². The van der Waals surface area contributed by atoms with Gasteiger partial charge in [0.15, 0.2) is 0 Å². The molecule has 0 unspecified atom stereocenters. The number of rotatable bonds is 4. The minimum atomic E-state index is -0.220. The third-order valence-corrected chi connectivity index (χ3v) is 6.65. The van der Waals surface area contributed by atoms with E-state index in [0.29, 0.717) is 24.5 Å². The van der Waals surface area contributed by atoms with E-state index in [1.165, 1.54) is 36.0 Å². The van der Waals surface area contributed by atoms with Crippen molar-refractivity contribution in [2.24, 2.45) is 5.92 Å². The minimum Gasteiger partial charge on any atom is -0.493 e. The Hall–Kier alpha value is -1.51. The van der Waals surface area contributed by atoms with Crippen LogP contribution in [0.3, 0.4) is 0 Å². The predicted octanol–water partition coefficient (Wildman–Crippen LogP) is 5.37. The summed E-state index contributed by atoms with van der Waals surface area (Å²) in [4.78, 5) is 12.3. The smallest absolute Gasteiger partial charge is 0.133 e. The topological polar surface area (TPSA) is 35.5 Å². The lowest BCUT2D eigenvalue weighted by Crippen LogP contribution is -2.47. The molecular weight excluding hydrogens is 324 g/mol. The fourth-order valence-electron chi connectivity index (χ4n) is 5.33. The first-order chi connectivity index (χ1) is 12.5. The lowest BCUT2D eigenvalue weighted by molar-refractivity contribution is -0.124. The number of fused-ring (bicyclic) bond motifs is 5. The van der Waals surface area contributed by atoms with Crippen LogP contribution in [0.5, 0.6) is 11.5 Å². The van der Waals surface area contributed by atoms with Crippen molar-refractivity contribution < 1.29 is 14.3 Å². The Labute approximate surface area is 157 Å². The summed E-state index contributed by atoms with van der Waals surface area (Å²) in [5, 5.41) is 0. The van der Waals surface area contributed by atoms with E-state index < -0.39 is 0 Å².